The van der Waals surface area contributed by atoms with Gasteiger partial charge < -0.3 is 10.1 Å². The van der Waals surface area contributed by atoms with Crippen LogP contribution < -0.4 is 10.1 Å². The Morgan fingerprint density at radius 2 is 1.87 bits per heavy atom. The predicted octanol–water partition coefficient (Wildman–Crippen LogP) is 4.37. The van der Waals surface area contributed by atoms with Crippen molar-refractivity contribution in [2.75, 3.05) is 12.4 Å². The second-order valence-electron chi connectivity index (χ2n) is 6.41. The lowest BCUT2D eigenvalue weighted by Gasteiger charge is -2.41. The van der Waals surface area contributed by atoms with Gasteiger partial charge in [0.25, 0.3) is 0 Å². The minimum atomic E-state index is -0.468. The molecular weight excluding hydrogens is 286 g/mol. The maximum absolute atomic E-state index is 13.1. The third kappa shape index (κ3) is 2.72. The summed E-state index contributed by atoms with van der Waals surface area (Å²) in [5.41, 5.74) is 3.71. The highest BCUT2D eigenvalue weighted by Gasteiger charge is 2.47. The van der Waals surface area contributed by atoms with Gasteiger partial charge in [0.05, 0.1) is 12.5 Å². The van der Waals surface area contributed by atoms with Crippen molar-refractivity contribution in [1.29, 1.82) is 0 Å². The number of nitrogens with one attached hydrogen (secondary N) is 1. The van der Waals surface area contributed by atoms with Gasteiger partial charge in [-0.25, -0.2) is 0 Å². The Bertz CT molecular complexity index is 732. The van der Waals surface area contributed by atoms with Crippen molar-refractivity contribution in [2.45, 2.75) is 38.5 Å². The number of amides is 1. The molecule has 120 valence electrons. The van der Waals surface area contributed by atoms with Crippen LogP contribution in [0.2, 0.25) is 0 Å². The molecule has 3 rings (SSSR count). The van der Waals surface area contributed by atoms with Crippen LogP contribution in [-0.4, -0.2) is 13.0 Å². The van der Waals surface area contributed by atoms with Gasteiger partial charge in [-0.2, -0.15) is 0 Å². The Balaban J connectivity index is 1.92. The van der Waals surface area contributed by atoms with E-state index in [4.69, 9.17) is 4.74 Å². The fraction of sp³-hybridized carbons (Fsp3) is 0.350. The zero-order chi connectivity index (χ0) is 16.4. The molecule has 0 unspecified atom stereocenters. The number of ether oxygens (including phenoxy) is 1. The van der Waals surface area contributed by atoms with Crippen molar-refractivity contribution in [3.05, 3.63) is 59.2 Å². The van der Waals surface area contributed by atoms with Crippen LogP contribution in [0.15, 0.2) is 42.5 Å². The standard InChI is InChI=1S/C20H23NO2/c1-14-9-10-17(15(2)13-14)21-19(22)20(11-6-12-20)16-7-4-5-8-18(16)23-3/h4-5,7-10,13H,6,11-12H2,1-3H3,(H,21,22). The van der Waals surface area contributed by atoms with E-state index in [-0.39, 0.29) is 5.91 Å². The molecule has 0 saturated heterocycles. The number of carbonyl (C=O) groups is 1. The molecule has 1 aliphatic carbocycles. The molecule has 1 N–H and O–H groups in total. The monoisotopic (exact) mass is 309 g/mol. The fourth-order valence-corrected chi connectivity index (χ4v) is 3.38. The molecule has 0 spiro atoms. The zero-order valence-corrected chi connectivity index (χ0v) is 14.0. The molecular formula is C20H23NO2. The molecule has 0 aromatic heterocycles. The van der Waals surface area contributed by atoms with Crippen molar-refractivity contribution in [3.63, 3.8) is 0 Å². The molecule has 2 aromatic carbocycles. The number of methoxy groups -OCH3 is 1. The van der Waals surface area contributed by atoms with Crippen LogP contribution in [0.25, 0.3) is 0 Å². The number of benzene rings is 2. The van der Waals surface area contributed by atoms with E-state index in [1.165, 1.54) is 5.56 Å². The first-order valence-electron chi connectivity index (χ1n) is 8.09. The highest BCUT2D eigenvalue weighted by molar-refractivity contribution is 6.00. The molecule has 1 amide bonds. The van der Waals surface area contributed by atoms with Crippen LogP contribution >= 0.6 is 0 Å². The van der Waals surface area contributed by atoms with E-state index >= 15 is 0 Å². The maximum Gasteiger partial charge on any atom is 0.235 e. The minimum absolute atomic E-state index is 0.0696. The van der Waals surface area contributed by atoms with Crippen molar-refractivity contribution in [1.82, 2.24) is 0 Å². The first kappa shape index (κ1) is 15.6. The predicted molar refractivity (Wildman–Crippen MR) is 93.1 cm³/mol. The van der Waals surface area contributed by atoms with Crippen molar-refractivity contribution in [3.8, 4) is 5.75 Å². The molecule has 23 heavy (non-hydrogen) atoms. The average Bonchev–Trinajstić information content (AvgIpc) is 2.49. The van der Waals surface area contributed by atoms with E-state index in [0.29, 0.717) is 0 Å². The Hall–Kier alpha value is -2.29. The summed E-state index contributed by atoms with van der Waals surface area (Å²) in [5, 5.41) is 3.14. The molecule has 0 atom stereocenters. The highest BCUT2D eigenvalue weighted by Crippen LogP contribution is 2.47. The van der Waals surface area contributed by atoms with Gasteiger partial charge in [-0.15, -0.1) is 0 Å². The van der Waals surface area contributed by atoms with Crippen molar-refractivity contribution in [2.24, 2.45) is 0 Å². The summed E-state index contributed by atoms with van der Waals surface area (Å²) in [5.74, 6) is 0.864. The van der Waals surface area contributed by atoms with Crippen LogP contribution in [0.3, 0.4) is 0 Å². The summed E-state index contributed by atoms with van der Waals surface area (Å²) >= 11 is 0. The summed E-state index contributed by atoms with van der Waals surface area (Å²) in [6.45, 7) is 4.08. The fourth-order valence-electron chi connectivity index (χ4n) is 3.38. The first-order chi connectivity index (χ1) is 11.1. The summed E-state index contributed by atoms with van der Waals surface area (Å²) in [6.07, 6.45) is 2.80. The van der Waals surface area contributed by atoms with E-state index < -0.39 is 5.41 Å². The number of para-hydroxylation sites is 1. The summed E-state index contributed by atoms with van der Waals surface area (Å²) < 4.78 is 5.49. The summed E-state index contributed by atoms with van der Waals surface area (Å²) in [7, 11) is 1.66. The molecule has 0 heterocycles. The number of hydrogen-bond acceptors (Lipinski definition) is 2. The maximum atomic E-state index is 13.1. The molecule has 0 aliphatic heterocycles. The Kier molecular flexibility index (Phi) is 4.12. The molecule has 1 saturated carbocycles. The Labute approximate surface area is 137 Å². The minimum Gasteiger partial charge on any atom is -0.496 e. The normalized spacial score (nSPS) is 15.6. The third-order valence-corrected chi connectivity index (χ3v) is 4.89. The molecule has 0 bridgehead atoms. The molecule has 1 aliphatic rings. The largest absolute Gasteiger partial charge is 0.496 e. The number of hydrogen-bond donors (Lipinski definition) is 1. The Morgan fingerprint density at radius 3 is 2.48 bits per heavy atom. The number of aryl methyl sites for hydroxylation is 2. The Morgan fingerprint density at radius 1 is 1.13 bits per heavy atom. The topological polar surface area (TPSA) is 38.3 Å². The second-order valence-corrected chi connectivity index (χ2v) is 6.41. The SMILES string of the molecule is COc1ccccc1C1(C(=O)Nc2ccc(C)cc2C)CCC1. The van der Waals surface area contributed by atoms with E-state index in [1.54, 1.807) is 7.11 Å². The highest BCUT2D eigenvalue weighted by atomic mass is 16.5. The van der Waals surface area contributed by atoms with Gasteiger partial charge in [0.2, 0.25) is 5.91 Å². The van der Waals surface area contributed by atoms with E-state index in [1.807, 2.05) is 43.3 Å². The van der Waals surface area contributed by atoms with Gasteiger partial charge in [0.1, 0.15) is 5.75 Å². The summed E-state index contributed by atoms with van der Waals surface area (Å²) in [4.78, 5) is 13.1. The van der Waals surface area contributed by atoms with Crippen molar-refractivity contribution >= 4 is 11.6 Å². The average molecular weight is 309 g/mol. The molecule has 1 fully saturated rings. The lowest BCUT2D eigenvalue weighted by atomic mass is 9.63. The number of anilines is 1. The smallest absolute Gasteiger partial charge is 0.235 e. The molecule has 2 aromatic rings. The number of rotatable bonds is 4. The van der Waals surface area contributed by atoms with Crippen LogP contribution in [0.4, 0.5) is 5.69 Å². The second kappa shape index (κ2) is 6.07. The van der Waals surface area contributed by atoms with Gasteiger partial charge in [-0.3, -0.25) is 4.79 Å². The summed E-state index contributed by atoms with van der Waals surface area (Å²) in [6, 6.07) is 14.0. The lowest BCUT2D eigenvalue weighted by molar-refractivity contribution is -0.124. The molecule has 0 radical (unpaired) electrons. The number of carbonyl (C=O) groups excluding carboxylic acids is 1. The van der Waals surface area contributed by atoms with Gasteiger partial charge in [0, 0.05) is 11.3 Å². The first-order valence-corrected chi connectivity index (χ1v) is 8.09. The van der Waals surface area contributed by atoms with Crippen molar-refractivity contribution < 1.29 is 9.53 Å². The van der Waals surface area contributed by atoms with E-state index in [0.717, 1.165) is 41.8 Å². The zero-order valence-electron chi connectivity index (χ0n) is 14.0. The molecule has 3 nitrogen and oxygen atoms in total. The third-order valence-electron chi connectivity index (χ3n) is 4.89. The molecule has 3 heteroatoms. The quantitative estimate of drug-likeness (QED) is 0.910. The van der Waals surface area contributed by atoms with E-state index in [2.05, 4.69) is 18.3 Å². The van der Waals surface area contributed by atoms with Gasteiger partial charge in [-0.1, -0.05) is 42.3 Å². The van der Waals surface area contributed by atoms with Gasteiger partial charge in [0.15, 0.2) is 0 Å². The van der Waals surface area contributed by atoms with Crippen LogP contribution in [0.5, 0.6) is 5.75 Å². The van der Waals surface area contributed by atoms with Crippen LogP contribution in [0.1, 0.15) is 36.0 Å². The van der Waals surface area contributed by atoms with E-state index in [9.17, 15) is 4.79 Å². The van der Waals surface area contributed by atoms with Crippen LogP contribution in [0, 0.1) is 13.8 Å². The van der Waals surface area contributed by atoms with Gasteiger partial charge in [-0.05, 0) is 44.4 Å². The van der Waals surface area contributed by atoms with Crippen LogP contribution in [-0.2, 0) is 10.2 Å². The lowest BCUT2D eigenvalue weighted by Crippen LogP contribution is -2.46. The van der Waals surface area contributed by atoms with Gasteiger partial charge >= 0.3 is 0 Å².